The smallest absolute Gasteiger partial charge is 0.153 e. The summed E-state index contributed by atoms with van der Waals surface area (Å²) in [6, 6.07) is -0.180. The van der Waals surface area contributed by atoms with E-state index in [2.05, 4.69) is 25.1 Å². The Kier molecular flexibility index (Phi) is 3.00. The topological polar surface area (TPSA) is 96.3 Å². The summed E-state index contributed by atoms with van der Waals surface area (Å²) in [4.78, 5) is 11.3. The van der Waals surface area contributed by atoms with E-state index in [1.54, 1.807) is 12.5 Å². The fourth-order valence-corrected chi connectivity index (χ4v) is 1.44. The summed E-state index contributed by atoms with van der Waals surface area (Å²) >= 11 is 0. The molecule has 0 fully saturated rings. The molecule has 2 heterocycles. The third kappa shape index (κ3) is 2.27. The molecular weight excluding hydrogens is 204 g/mol. The molecule has 0 aliphatic rings. The number of hydrogen-bond acceptors (Lipinski definition) is 4. The normalized spacial score (nSPS) is 13.2. The summed E-state index contributed by atoms with van der Waals surface area (Å²) in [6.07, 6.45) is 4.08. The predicted molar refractivity (Wildman–Crippen MR) is 59.7 cm³/mol. The minimum atomic E-state index is -0.180. The number of nitrogens with two attached hydrogens (primary N) is 1. The minimum absolute atomic E-state index is 0.180. The van der Waals surface area contributed by atoms with Crippen LogP contribution in [0.4, 0.5) is 0 Å². The molecule has 6 heteroatoms. The number of rotatable bonds is 4. The number of nitrogens with zero attached hydrogens (tertiary/aromatic N) is 3. The summed E-state index contributed by atoms with van der Waals surface area (Å²) in [5.41, 5.74) is 7.01. The minimum Gasteiger partial charge on any atom is -0.348 e. The summed E-state index contributed by atoms with van der Waals surface area (Å²) in [5, 5.41) is 7.00. The highest BCUT2D eigenvalue weighted by Gasteiger charge is 2.14. The fourth-order valence-electron chi connectivity index (χ4n) is 1.44. The van der Waals surface area contributed by atoms with Crippen LogP contribution in [0, 0.1) is 0 Å². The summed E-state index contributed by atoms with van der Waals surface area (Å²) in [7, 11) is 0. The van der Waals surface area contributed by atoms with Gasteiger partial charge in [-0.3, -0.25) is 5.10 Å². The number of aromatic nitrogens is 5. The van der Waals surface area contributed by atoms with Gasteiger partial charge < -0.3 is 10.7 Å². The van der Waals surface area contributed by atoms with Gasteiger partial charge in [0.15, 0.2) is 5.82 Å². The van der Waals surface area contributed by atoms with Crippen LogP contribution in [0.5, 0.6) is 0 Å². The predicted octanol–water partition coefficient (Wildman–Crippen LogP) is 0.894. The molecule has 0 amide bonds. The maximum absolute atomic E-state index is 6.02. The van der Waals surface area contributed by atoms with Crippen LogP contribution < -0.4 is 5.73 Å². The second kappa shape index (κ2) is 4.44. The Morgan fingerprint density at radius 1 is 1.44 bits per heavy atom. The van der Waals surface area contributed by atoms with Crippen LogP contribution in [0.1, 0.15) is 43.1 Å². The molecule has 0 bridgehead atoms. The van der Waals surface area contributed by atoms with Crippen LogP contribution in [0.3, 0.4) is 0 Å². The van der Waals surface area contributed by atoms with E-state index in [1.165, 1.54) is 0 Å². The van der Waals surface area contributed by atoms with Crippen LogP contribution in [0.2, 0.25) is 0 Å². The zero-order valence-electron chi connectivity index (χ0n) is 9.44. The third-order valence-electron chi connectivity index (χ3n) is 2.38. The molecule has 0 radical (unpaired) electrons. The van der Waals surface area contributed by atoms with Crippen molar-refractivity contribution in [3.63, 3.8) is 0 Å². The molecule has 2 rings (SSSR count). The molecule has 0 aliphatic heterocycles. The summed E-state index contributed by atoms with van der Waals surface area (Å²) in [6.45, 7) is 4.10. The molecule has 2 aromatic heterocycles. The van der Waals surface area contributed by atoms with E-state index in [-0.39, 0.29) is 6.04 Å². The second-order valence-corrected chi connectivity index (χ2v) is 4.12. The monoisotopic (exact) mass is 220 g/mol. The van der Waals surface area contributed by atoms with Gasteiger partial charge in [0.1, 0.15) is 5.82 Å². The van der Waals surface area contributed by atoms with Gasteiger partial charge in [-0.1, -0.05) is 13.8 Å². The van der Waals surface area contributed by atoms with Crippen molar-refractivity contribution in [1.82, 2.24) is 25.1 Å². The molecule has 0 aromatic carbocycles. The van der Waals surface area contributed by atoms with Crippen LogP contribution in [0.25, 0.3) is 0 Å². The Morgan fingerprint density at radius 2 is 2.25 bits per heavy atom. The molecule has 16 heavy (non-hydrogen) atoms. The lowest BCUT2D eigenvalue weighted by atomic mass is 10.1. The second-order valence-electron chi connectivity index (χ2n) is 4.12. The largest absolute Gasteiger partial charge is 0.348 e. The Morgan fingerprint density at radius 3 is 2.81 bits per heavy atom. The van der Waals surface area contributed by atoms with E-state index in [4.69, 9.17) is 5.73 Å². The lowest BCUT2D eigenvalue weighted by Gasteiger charge is -2.05. The molecule has 86 valence electrons. The number of hydrogen-bond donors (Lipinski definition) is 3. The van der Waals surface area contributed by atoms with Crippen LogP contribution in [-0.2, 0) is 6.42 Å². The van der Waals surface area contributed by atoms with Gasteiger partial charge in [0.2, 0.25) is 0 Å². The van der Waals surface area contributed by atoms with Gasteiger partial charge >= 0.3 is 0 Å². The first-order valence-electron chi connectivity index (χ1n) is 5.32. The molecule has 1 unspecified atom stereocenters. The lowest BCUT2D eigenvalue weighted by molar-refractivity contribution is 0.660. The average molecular weight is 220 g/mol. The average Bonchev–Trinajstić information content (AvgIpc) is 2.86. The van der Waals surface area contributed by atoms with Crippen molar-refractivity contribution >= 4 is 0 Å². The van der Waals surface area contributed by atoms with Crippen molar-refractivity contribution in [1.29, 1.82) is 0 Å². The van der Waals surface area contributed by atoms with Gasteiger partial charge in [0.25, 0.3) is 0 Å². The first kappa shape index (κ1) is 10.8. The Labute approximate surface area is 93.7 Å². The van der Waals surface area contributed by atoms with Crippen molar-refractivity contribution in [2.24, 2.45) is 5.73 Å². The van der Waals surface area contributed by atoms with E-state index in [9.17, 15) is 0 Å². The van der Waals surface area contributed by atoms with Crippen molar-refractivity contribution in [2.75, 3.05) is 0 Å². The first-order valence-corrected chi connectivity index (χ1v) is 5.32. The van der Waals surface area contributed by atoms with Gasteiger partial charge in [-0.15, -0.1) is 0 Å². The van der Waals surface area contributed by atoms with E-state index in [0.717, 1.165) is 17.3 Å². The Balaban J connectivity index is 2.06. The molecule has 4 N–H and O–H groups in total. The Bertz CT molecular complexity index is 430. The molecular formula is C10H16N6. The van der Waals surface area contributed by atoms with Crippen molar-refractivity contribution in [3.05, 3.63) is 29.9 Å². The Hall–Kier alpha value is -1.69. The molecule has 1 atom stereocenters. The molecule has 6 nitrogen and oxygen atoms in total. The van der Waals surface area contributed by atoms with Gasteiger partial charge in [-0.05, 0) is 0 Å². The molecule has 0 spiro atoms. The molecule has 2 aromatic rings. The summed E-state index contributed by atoms with van der Waals surface area (Å²) in [5.74, 6) is 1.83. The SMILES string of the molecule is CC(C)c1n[nH]c(C(N)Cc2cnc[nH]2)n1. The van der Waals surface area contributed by atoms with Crippen LogP contribution >= 0.6 is 0 Å². The highest BCUT2D eigenvalue weighted by molar-refractivity contribution is 5.05. The third-order valence-corrected chi connectivity index (χ3v) is 2.38. The van der Waals surface area contributed by atoms with Gasteiger partial charge in [0.05, 0.1) is 12.4 Å². The van der Waals surface area contributed by atoms with Crippen LogP contribution in [-0.4, -0.2) is 25.1 Å². The van der Waals surface area contributed by atoms with Crippen molar-refractivity contribution in [2.45, 2.75) is 32.2 Å². The van der Waals surface area contributed by atoms with E-state index < -0.39 is 0 Å². The van der Waals surface area contributed by atoms with Crippen molar-refractivity contribution < 1.29 is 0 Å². The maximum atomic E-state index is 6.02. The highest BCUT2D eigenvalue weighted by Crippen LogP contribution is 2.13. The maximum Gasteiger partial charge on any atom is 0.153 e. The number of nitrogens with one attached hydrogen (secondary N) is 2. The summed E-state index contributed by atoms with van der Waals surface area (Å²) < 4.78 is 0. The van der Waals surface area contributed by atoms with E-state index in [0.29, 0.717) is 12.3 Å². The standard InChI is InChI=1S/C10H16N6/c1-6(2)9-14-10(16-15-9)8(11)3-7-4-12-5-13-7/h4-6,8H,3,11H2,1-2H3,(H,12,13)(H,14,15,16). The highest BCUT2D eigenvalue weighted by atomic mass is 15.2. The number of aromatic amines is 2. The van der Waals surface area contributed by atoms with Crippen molar-refractivity contribution in [3.8, 4) is 0 Å². The van der Waals surface area contributed by atoms with Gasteiger partial charge in [0, 0.05) is 24.2 Å². The zero-order chi connectivity index (χ0) is 11.5. The first-order chi connectivity index (χ1) is 7.66. The van der Waals surface area contributed by atoms with Gasteiger partial charge in [-0.25, -0.2) is 9.97 Å². The number of H-pyrrole nitrogens is 2. The molecule has 0 saturated carbocycles. The van der Waals surface area contributed by atoms with Crippen LogP contribution in [0.15, 0.2) is 12.5 Å². The van der Waals surface area contributed by atoms with Gasteiger partial charge in [-0.2, -0.15) is 5.10 Å². The molecule has 0 saturated heterocycles. The fraction of sp³-hybridized carbons (Fsp3) is 0.500. The zero-order valence-corrected chi connectivity index (χ0v) is 9.44. The number of imidazole rings is 1. The lowest BCUT2D eigenvalue weighted by Crippen LogP contribution is -2.15. The van der Waals surface area contributed by atoms with E-state index >= 15 is 0 Å². The molecule has 0 aliphatic carbocycles. The quantitative estimate of drug-likeness (QED) is 0.713. The van der Waals surface area contributed by atoms with E-state index in [1.807, 2.05) is 13.8 Å².